The molecule has 0 atom stereocenters. The van der Waals surface area contributed by atoms with Crippen LogP contribution in [0.5, 0.6) is 0 Å². The second-order valence-corrected chi connectivity index (χ2v) is 4.48. The summed E-state index contributed by atoms with van der Waals surface area (Å²) < 4.78 is 0. The van der Waals surface area contributed by atoms with Gasteiger partial charge in [-0.1, -0.05) is 0 Å². The standard InChI is InChI=1S/C11H20N6/c1-16(6-7-17-4-2-3-5-17)10-8-9(12)14-11(13)15-10/h8H,2-7H2,1H3,(H4,12,13,14,15). The van der Waals surface area contributed by atoms with Gasteiger partial charge in [0.2, 0.25) is 5.95 Å². The molecule has 1 aromatic rings. The van der Waals surface area contributed by atoms with Crippen molar-refractivity contribution in [3.05, 3.63) is 6.07 Å². The first-order valence-electron chi connectivity index (χ1n) is 5.98. The van der Waals surface area contributed by atoms with Crippen molar-refractivity contribution in [2.75, 3.05) is 49.6 Å². The van der Waals surface area contributed by atoms with Crippen molar-refractivity contribution in [3.8, 4) is 0 Å². The molecule has 0 bridgehead atoms. The van der Waals surface area contributed by atoms with E-state index < -0.39 is 0 Å². The SMILES string of the molecule is CN(CCN1CCCC1)c1cc(N)nc(N)n1. The molecule has 0 radical (unpaired) electrons. The van der Waals surface area contributed by atoms with Crippen LogP contribution >= 0.6 is 0 Å². The van der Waals surface area contributed by atoms with Crippen LogP contribution in [0.25, 0.3) is 0 Å². The predicted molar refractivity (Wildman–Crippen MR) is 69.8 cm³/mol. The quantitative estimate of drug-likeness (QED) is 0.775. The summed E-state index contributed by atoms with van der Waals surface area (Å²) in [6, 6.07) is 1.75. The van der Waals surface area contributed by atoms with Gasteiger partial charge in [-0.25, -0.2) is 0 Å². The van der Waals surface area contributed by atoms with Crippen LogP contribution in [0.3, 0.4) is 0 Å². The summed E-state index contributed by atoms with van der Waals surface area (Å²) >= 11 is 0. The highest BCUT2D eigenvalue weighted by Crippen LogP contribution is 2.14. The second-order valence-electron chi connectivity index (χ2n) is 4.48. The molecule has 1 fully saturated rings. The van der Waals surface area contributed by atoms with Crippen LogP contribution in [0.1, 0.15) is 12.8 Å². The van der Waals surface area contributed by atoms with Crippen LogP contribution < -0.4 is 16.4 Å². The lowest BCUT2D eigenvalue weighted by Gasteiger charge is -2.22. The van der Waals surface area contributed by atoms with Crippen LogP contribution in [0, 0.1) is 0 Å². The maximum atomic E-state index is 5.65. The summed E-state index contributed by atoms with van der Waals surface area (Å²) in [4.78, 5) is 12.6. The summed E-state index contributed by atoms with van der Waals surface area (Å²) in [5.41, 5.74) is 11.2. The first-order chi connectivity index (χ1) is 8.15. The lowest BCUT2D eigenvalue weighted by molar-refractivity contribution is 0.346. The second kappa shape index (κ2) is 5.18. The van der Waals surface area contributed by atoms with Gasteiger partial charge in [-0.2, -0.15) is 9.97 Å². The van der Waals surface area contributed by atoms with Crippen LogP contribution in [0.2, 0.25) is 0 Å². The first-order valence-corrected chi connectivity index (χ1v) is 5.98. The van der Waals surface area contributed by atoms with Gasteiger partial charge in [0.1, 0.15) is 11.6 Å². The zero-order valence-electron chi connectivity index (χ0n) is 10.3. The molecule has 0 aliphatic carbocycles. The lowest BCUT2D eigenvalue weighted by atomic mass is 10.4. The molecule has 0 saturated carbocycles. The molecule has 1 aromatic heterocycles. The van der Waals surface area contributed by atoms with Gasteiger partial charge in [0.15, 0.2) is 0 Å². The Morgan fingerprint density at radius 2 is 2.00 bits per heavy atom. The van der Waals surface area contributed by atoms with Gasteiger partial charge in [0, 0.05) is 26.2 Å². The Bertz CT molecular complexity index is 354. The lowest BCUT2D eigenvalue weighted by Crippen LogP contribution is -2.32. The van der Waals surface area contributed by atoms with E-state index in [0.717, 1.165) is 18.9 Å². The molecule has 6 heteroatoms. The highest BCUT2D eigenvalue weighted by atomic mass is 15.2. The Morgan fingerprint density at radius 3 is 2.65 bits per heavy atom. The molecular weight excluding hydrogens is 216 g/mol. The van der Waals surface area contributed by atoms with Crippen molar-refractivity contribution in [1.29, 1.82) is 0 Å². The minimum atomic E-state index is 0.230. The van der Waals surface area contributed by atoms with Crippen LogP contribution in [0.15, 0.2) is 6.07 Å². The van der Waals surface area contributed by atoms with E-state index in [0.29, 0.717) is 5.82 Å². The van der Waals surface area contributed by atoms with Crippen molar-refractivity contribution >= 4 is 17.6 Å². The van der Waals surface area contributed by atoms with Crippen molar-refractivity contribution in [3.63, 3.8) is 0 Å². The Kier molecular flexibility index (Phi) is 3.63. The molecule has 1 aliphatic heterocycles. The van der Waals surface area contributed by atoms with Gasteiger partial charge >= 0.3 is 0 Å². The highest BCUT2D eigenvalue weighted by molar-refractivity contribution is 5.49. The van der Waals surface area contributed by atoms with E-state index in [1.165, 1.54) is 25.9 Å². The zero-order chi connectivity index (χ0) is 12.3. The van der Waals surface area contributed by atoms with E-state index in [2.05, 4.69) is 19.8 Å². The third-order valence-corrected chi connectivity index (χ3v) is 3.09. The van der Waals surface area contributed by atoms with Gasteiger partial charge in [0.05, 0.1) is 0 Å². The van der Waals surface area contributed by atoms with E-state index in [1.807, 2.05) is 7.05 Å². The normalized spacial score (nSPS) is 16.3. The van der Waals surface area contributed by atoms with Gasteiger partial charge in [-0.05, 0) is 25.9 Å². The Balaban J connectivity index is 1.91. The number of rotatable bonds is 4. The van der Waals surface area contributed by atoms with Gasteiger partial charge in [-0.15, -0.1) is 0 Å². The molecule has 2 heterocycles. The Labute approximate surface area is 102 Å². The monoisotopic (exact) mass is 236 g/mol. The van der Waals surface area contributed by atoms with E-state index >= 15 is 0 Å². The number of likely N-dealkylation sites (N-methyl/N-ethyl adjacent to an activating group) is 1. The highest BCUT2D eigenvalue weighted by Gasteiger charge is 2.12. The smallest absolute Gasteiger partial charge is 0.223 e. The van der Waals surface area contributed by atoms with Crippen molar-refractivity contribution in [2.45, 2.75) is 12.8 Å². The minimum Gasteiger partial charge on any atom is -0.383 e. The summed E-state index contributed by atoms with van der Waals surface area (Å²) in [5.74, 6) is 1.43. The zero-order valence-corrected chi connectivity index (χ0v) is 10.3. The number of nitrogens with two attached hydrogens (primary N) is 2. The summed E-state index contributed by atoms with van der Waals surface area (Å²) in [6.45, 7) is 4.40. The van der Waals surface area contributed by atoms with Crippen molar-refractivity contribution < 1.29 is 0 Å². The topological polar surface area (TPSA) is 84.3 Å². The fourth-order valence-electron chi connectivity index (χ4n) is 2.08. The van der Waals surface area contributed by atoms with E-state index in [1.54, 1.807) is 6.07 Å². The van der Waals surface area contributed by atoms with E-state index in [9.17, 15) is 0 Å². The van der Waals surface area contributed by atoms with Gasteiger partial charge in [0.25, 0.3) is 0 Å². The number of nitrogens with zero attached hydrogens (tertiary/aromatic N) is 4. The number of aromatic nitrogens is 2. The molecule has 1 saturated heterocycles. The average molecular weight is 236 g/mol. The molecule has 0 amide bonds. The van der Waals surface area contributed by atoms with Crippen LogP contribution in [-0.4, -0.2) is 48.1 Å². The molecule has 0 unspecified atom stereocenters. The molecule has 1 aliphatic rings. The number of likely N-dealkylation sites (tertiary alicyclic amines) is 1. The summed E-state index contributed by atoms with van der Waals surface area (Å²) in [7, 11) is 2.00. The Morgan fingerprint density at radius 1 is 1.29 bits per heavy atom. The van der Waals surface area contributed by atoms with Crippen molar-refractivity contribution in [2.24, 2.45) is 0 Å². The first kappa shape index (κ1) is 11.9. The Hall–Kier alpha value is -1.56. The third kappa shape index (κ3) is 3.20. The van der Waals surface area contributed by atoms with Gasteiger partial charge < -0.3 is 21.3 Å². The molecule has 6 nitrogen and oxygen atoms in total. The maximum absolute atomic E-state index is 5.65. The average Bonchev–Trinajstić information content (AvgIpc) is 2.77. The largest absolute Gasteiger partial charge is 0.383 e. The minimum absolute atomic E-state index is 0.230. The fourth-order valence-corrected chi connectivity index (χ4v) is 2.08. The van der Waals surface area contributed by atoms with E-state index in [-0.39, 0.29) is 5.95 Å². The molecule has 0 aromatic carbocycles. The molecule has 17 heavy (non-hydrogen) atoms. The summed E-state index contributed by atoms with van der Waals surface area (Å²) in [5, 5.41) is 0. The maximum Gasteiger partial charge on any atom is 0.223 e. The summed E-state index contributed by atoms with van der Waals surface area (Å²) in [6.07, 6.45) is 2.63. The molecule has 0 spiro atoms. The van der Waals surface area contributed by atoms with E-state index in [4.69, 9.17) is 11.5 Å². The van der Waals surface area contributed by atoms with Crippen LogP contribution in [-0.2, 0) is 0 Å². The fraction of sp³-hybridized carbons (Fsp3) is 0.636. The molecule has 4 N–H and O–H groups in total. The number of nitrogen functional groups attached to an aromatic ring is 2. The number of hydrogen-bond acceptors (Lipinski definition) is 6. The van der Waals surface area contributed by atoms with Crippen LogP contribution in [0.4, 0.5) is 17.6 Å². The third-order valence-electron chi connectivity index (χ3n) is 3.09. The number of anilines is 3. The predicted octanol–water partition coefficient (Wildman–Crippen LogP) is 0.173. The molecular formula is C11H20N6. The molecule has 2 rings (SSSR count). The van der Waals surface area contributed by atoms with Gasteiger partial charge in [-0.3, -0.25) is 0 Å². The molecule has 94 valence electrons. The number of hydrogen-bond donors (Lipinski definition) is 2. The van der Waals surface area contributed by atoms with Crippen molar-refractivity contribution in [1.82, 2.24) is 14.9 Å².